The summed E-state index contributed by atoms with van der Waals surface area (Å²) >= 11 is 0. The van der Waals surface area contributed by atoms with Crippen LogP contribution in [0, 0.1) is 5.92 Å². The number of hydrogen-bond donors (Lipinski definition) is 2. The summed E-state index contributed by atoms with van der Waals surface area (Å²) in [4.78, 5) is 25.4. The Morgan fingerprint density at radius 1 is 1.38 bits per heavy atom. The molecule has 0 aliphatic carbocycles. The van der Waals surface area contributed by atoms with E-state index in [0.29, 0.717) is 18.5 Å². The summed E-state index contributed by atoms with van der Waals surface area (Å²) in [5.41, 5.74) is 5.69. The fraction of sp³-hybridized carbons (Fsp3) is 0.692. The van der Waals surface area contributed by atoms with Gasteiger partial charge in [-0.25, -0.2) is 0 Å². The molecule has 0 atom stereocenters. The predicted octanol–water partition coefficient (Wildman–Crippen LogP) is 0.205. The van der Waals surface area contributed by atoms with Gasteiger partial charge in [-0.15, -0.1) is 0 Å². The summed E-state index contributed by atoms with van der Waals surface area (Å²) < 4.78 is 5.29. The van der Waals surface area contributed by atoms with E-state index >= 15 is 0 Å². The molecule has 3 N–H and O–H groups in total. The number of carbonyl (C=O) groups is 1. The Morgan fingerprint density at radius 2 is 2.10 bits per heavy atom. The first-order valence-electron chi connectivity index (χ1n) is 7.22. The first kappa shape index (κ1) is 15.3. The number of ether oxygens (including phenoxy) is 1. The van der Waals surface area contributed by atoms with Gasteiger partial charge in [-0.1, -0.05) is 0 Å². The summed E-state index contributed by atoms with van der Waals surface area (Å²) in [6.07, 6.45) is 1.96. The number of rotatable bonds is 5. The SMILES string of the molecule is CCOc1nc(N)nc(N2CCC(CNC(C)=O)CC2)n1. The number of nitrogens with two attached hydrogens (primary N) is 1. The molecule has 0 radical (unpaired) electrons. The third kappa shape index (κ3) is 4.44. The number of piperidine rings is 1. The highest BCUT2D eigenvalue weighted by molar-refractivity contribution is 5.72. The molecule has 2 rings (SSSR count). The lowest BCUT2D eigenvalue weighted by molar-refractivity contribution is -0.119. The van der Waals surface area contributed by atoms with Gasteiger partial charge in [0.25, 0.3) is 0 Å². The molecule has 116 valence electrons. The van der Waals surface area contributed by atoms with Crippen molar-refractivity contribution in [3.63, 3.8) is 0 Å². The minimum Gasteiger partial charge on any atom is -0.464 e. The number of nitrogens with zero attached hydrogens (tertiary/aromatic N) is 4. The highest BCUT2D eigenvalue weighted by Crippen LogP contribution is 2.21. The molecule has 0 bridgehead atoms. The van der Waals surface area contributed by atoms with E-state index in [2.05, 4.69) is 25.2 Å². The molecule has 8 heteroatoms. The zero-order valence-corrected chi connectivity index (χ0v) is 12.5. The zero-order chi connectivity index (χ0) is 15.2. The lowest BCUT2D eigenvalue weighted by Gasteiger charge is -2.32. The Kier molecular flexibility index (Phi) is 5.13. The van der Waals surface area contributed by atoms with Gasteiger partial charge in [-0.2, -0.15) is 15.0 Å². The molecule has 1 aliphatic rings. The van der Waals surface area contributed by atoms with E-state index in [4.69, 9.17) is 10.5 Å². The van der Waals surface area contributed by atoms with Crippen molar-refractivity contribution in [1.82, 2.24) is 20.3 Å². The summed E-state index contributed by atoms with van der Waals surface area (Å²) in [6.45, 7) is 6.29. The largest absolute Gasteiger partial charge is 0.464 e. The van der Waals surface area contributed by atoms with Crippen molar-refractivity contribution in [2.24, 2.45) is 5.92 Å². The quantitative estimate of drug-likeness (QED) is 0.799. The number of nitrogen functional groups attached to an aromatic ring is 1. The van der Waals surface area contributed by atoms with Crippen LogP contribution in [0.25, 0.3) is 0 Å². The Labute approximate surface area is 124 Å². The van der Waals surface area contributed by atoms with Crippen LogP contribution in [-0.4, -0.2) is 47.1 Å². The molecular formula is C13H22N6O2. The standard InChI is InChI=1S/C13H22N6O2/c1-3-21-13-17-11(14)16-12(18-13)19-6-4-10(5-7-19)8-15-9(2)20/h10H,3-8H2,1-2H3,(H,15,20)(H2,14,16,17,18). The second kappa shape index (κ2) is 7.05. The first-order chi connectivity index (χ1) is 10.1. The highest BCUT2D eigenvalue weighted by atomic mass is 16.5. The molecule has 1 amide bonds. The molecule has 0 aromatic carbocycles. The molecule has 0 saturated carbocycles. The maximum Gasteiger partial charge on any atom is 0.323 e. The summed E-state index contributed by atoms with van der Waals surface area (Å²) in [5, 5.41) is 2.87. The van der Waals surface area contributed by atoms with Crippen LogP contribution in [0.5, 0.6) is 6.01 Å². The molecule has 8 nitrogen and oxygen atoms in total. The lowest BCUT2D eigenvalue weighted by atomic mass is 9.97. The number of amides is 1. The Hall–Kier alpha value is -2.12. The molecule has 1 aliphatic heterocycles. The molecule has 0 unspecified atom stereocenters. The van der Waals surface area contributed by atoms with Gasteiger partial charge in [0.05, 0.1) is 6.61 Å². The molecule has 2 heterocycles. The smallest absolute Gasteiger partial charge is 0.323 e. The molecule has 0 spiro atoms. The van der Waals surface area contributed by atoms with Crippen LogP contribution in [-0.2, 0) is 4.79 Å². The van der Waals surface area contributed by atoms with Gasteiger partial charge in [0.1, 0.15) is 0 Å². The minimum absolute atomic E-state index is 0.0176. The first-order valence-corrected chi connectivity index (χ1v) is 7.22. The number of carbonyl (C=O) groups excluding carboxylic acids is 1. The number of hydrogen-bond acceptors (Lipinski definition) is 7. The molecule has 1 aromatic heterocycles. The highest BCUT2D eigenvalue weighted by Gasteiger charge is 2.22. The van der Waals surface area contributed by atoms with Crippen LogP contribution < -0.4 is 20.7 Å². The topological polar surface area (TPSA) is 106 Å². The molecule has 1 saturated heterocycles. The average Bonchev–Trinajstić information content (AvgIpc) is 2.45. The second-order valence-electron chi connectivity index (χ2n) is 5.08. The predicted molar refractivity (Wildman–Crippen MR) is 79.0 cm³/mol. The van der Waals surface area contributed by atoms with Crippen LogP contribution in [0.2, 0.25) is 0 Å². The monoisotopic (exact) mass is 294 g/mol. The minimum atomic E-state index is 0.0176. The van der Waals surface area contributed by atoms with Crippen molar-refractivity contribution >= 4 is 17.8 Å². The van der Waals surface area contributed by atoms with Crippen molar-refractivity contribution < 1.29 is 9.53 Å². The summed E-state index contributed by atoms with van der Waals surface area (Å²) in [7, 11) is 0. The van der Waals surface area contributed by atoms with Crippen molar-refractivity contribution in [2.45, 2.75) is 26.7 Å². The molecular weight excluding hydrogens is 272 g/mol. The molecule has 1 aromatic rings. The Balaban J connectivity index is 1.94. The van der Waals surface area contributed by atoms with Crippen LogP contribution in [0.1, 0.15) is 26.7 Å². The number of nitrogens with one attached hydrogen (secondary N) is 1. The second-order valence-corrected chi connectivity index (χ2v) is 5.08. The van der Waals surface area contributed by atoms with Crippen LogP contribution >= 0.6 is 0 Å². The van der Waals surface area contributed by atoms with Crippen molar-refractivity contribution in [2.75, 3.05) is 36.9 Å². The van der Waals surface area contributed by atoms with E-state index in [1.165, 1.54) is 6.92 Å². The molecule has 1 fully saturated rings. The van der Waals surface area contributed by atoms with E-state index in [9.17, 15) is 4.79 Å². The number of anilines is 2. The van der Waals surface area contributed by atoms with Crippen LogP contribution in [0.15, 0.2) is 0 Å². The van der Waals surface area contributed by atoms with Crippen molar-refractivity contribution in [1.29, 1.82) is 0 Å². The number of aromatic nitrogens is 3. The van der Waals surface area contributed by atoms with Gasteiger partial charge in [-0.3, -0.25) is 4.79 Å². The average molecular weight is 294 g/mol. The van der Waals surface area contributed by atoms with Gasteiger partial charge in [-0.05, 0) is 25.7 Å². The van der Waals surface area contributed by atoms with Gasteiger partial charge in [0, 0.05) is 26.6 Å². The van der Waals surface area contributed by atoms with E-state index in [1.54, 1.807) is 0 Å². The van der Waals surface area contributed by atoms with E-state index in [-0.39, 0.29) is 17.9 Å². The summed E-state index contributed by atoms with van der Waals surface area (Å²) in [6, 6.07) is 0.264. The van der Waals surface area contributed by atoms with Gasteiger partial charge in [0.2, 0.25) is 17.8 Å². The van der Waals surface area contributed by atoms with Gasteiger partial charge in [0.15, 0.2) is 0 Å². The fourth-order valence-corrected chi connectivity index (χ4v) is 2.32. The van der Waals surface area contributed by atoms with Gasteiger partial charge < -0.3 is 20.7 Å². The van der Waals surface area contributed by atoms with E-state index < -0.39 is 0 Å². The lowest BCUT2D eigenvalue weighted by Crippen LogP contribution is -2.39. The normalized spacial score (nSPS) is 15.8. The van der Waals surface area contributed by atoms with Crippen molar-refractivity contribution in [3.8, 4) is 6.01 Å². The van der Waals surface area contributed by atoms with Gasteiger partial charge >= 0.3 is 6.01 Å². The molecule has 21 heavy (non-hydrogen) atoms. The van der Waals surface area contributed by atoms with E-state index in [1.807, 2.05) is 6.92 Å². The maximum atomic E-state index is 10.9. The van der Waals surface area contributed by atoms with Crippen molar-refractivity contribution in [3.05, 3.63) is 0 Å². The van der Waals surface area contributed by atoms with Crippen LogP contribution in [0.3, 0.4) is 0 Å². The Morgan fingerprint density at radius 3 is 2.71 bits per heavy atom. The third-order valence-corrected chi connectivity index (χ3v) is 3.43. The summed E-state index contributed by atoms with van der Waals surface area (Å²) in [5.74, 6) is 1.24. The zero-order valence-electron chi connectivity index (χ0n) is 12.5. The third-order valence-electron chi connectivity index (χ3n) is 3.43. The van der Waals surface area contributed by atoms with Crippen LogP contribution in [0.4, 0.5) is 11.9 Å². The maximum absolute atomic E-state index is 10.9. The fourth-order valence-electron chi connectivity index (χ4n) is 2.32. The Bertz CT molecular complexity index is 488. The van der Waals surface area contributed by atoms with E-state index in [0.717, 1.165) is 32.5 Å².